The molecule has 0 aliphatic rings. The van der Waals surface area contributed by atoms with Crippen molar-refractivity contribution in [2.45, 2.75) is 26.2 Å². The zero-order valence-corrected chi connectivity index (χ0v) is 10.1. The van der Waals surface area contributed by atoms with Gasteiger partial charge in [-0.1, -0.05) is 49.7 Å². The van der Waals surface area contributed by atoms with Crippen LogP contribution >= 0.6 is 0 Å². The summed E-state index contributed by atoms with van der Waals surface area (Å²) in [5, 5.41) is 20.8. The van der Waals surface area contributed by atoms with Gasteiger partial charge >= 0.3 is 7.12 Å². The normalized spacial score (nSPS) is 10.8. The molecule has 0 fully saturated rings. The van der Waals surface area contributed by atoms with E-state index in [1.54, 1.807) is 6.07 Å². The van der Waals surface area contributed by atoms with Gasteiger partial charge in [0.15, 0.2) is 0 Å². The molecule has 0 saturated heterocycles. The minimum atomic E-state index is -1.40. The smallest absolute Gasteiger partial charge is 0.423 e. The Morgan fingerprint density at radius 3 is 2.41 bits per heavy atom. The quantitative estimate of drug-likeness (QED) is 0.784. The molecule has 0 amide bonds. The van der Waals surface area contributed by atoms with Crippen LogP contribution < -0.4 is 5.46 Å². The molecule has 2 aromatic rings. The maximum Gasteiger partial charge on any atom is 0.489 e. The second-order valence-electron chi connectivity index (χ2n) is 4.34. The zero-order valence-electron chi connectivity index (χ0n) is 10.1. The van der Waals surface area contributed by atoms with Crippen LogP contribution in [0, 0.1) is 0 Å². The summed E-state index contributed by atoms with van der Waals surface area (Å²) >= 11 is 0. The maximum atomic E-state index is 9.34. The van der Waals surface area contributed by atoms with Crippen LogP contribution in [0.5, 0.6) is 0 Å². The standard InChI is InChI=1S/C14H17BO2/c1-2-3-6-11-7-4-9-13-12(11)8-5-10-14(13)15(16)17/h4-5,7-10,16-17H,2-3,6H2,1H3. The number of unbranched alkanes of at least 4 members (excludes halogenated alkanes) is 1. The first-order valence-corrected chi connectivity index (χ1v) is 6.10. The Labute approximate surface area is 102 Å². The first-order chi connectivity index (χ1) is 8.24. The fourth-order valence-electron chi connectivity index (χ4n) is 2.21. The molecule has 0 radical (unpaired) electrons. The lowest BCUT2D eigenvalue weighted by Crippen LogP contribution is -2.30. The van der Waals surface area contributed by atoms with Crippen molar-refractivity contribution in [1.29, 1.82) is 0 Å². The lowest BCUT2D eigenvalue weighted by molar-refractivity contribution is 0.426. The van der Waals surface area contributed by atoms with Crippen LogP contribution in [0.3, 0.4) is 0 Å². The van der Waals surface area contributed by atoms with Crippen molar-refractivity contribution in [2.75, 3.05) is 0 Å². The van der Waals surface area contributed by atoms with E-state index in [-0.39, 0.29) is 0 Å². The van der Waals surface area contributed by atoms with Gasteiger partial charge in [-0.15, -0.1) is 0 Å². The summed E-state index contributed by atoms with van der Waals surface area (Å²) in [6.45, 7) is 2.17. The third-order valence-corrected chi connectivity index (χ3v) is 3.12. The molecular weight excluding hydrogens is 211 g/mol. The molecule has 0 aliphatic carbocycles. The number of aryl methyl sites for hydroxylation is 1. The van der Waals surface area contributed by atoms with E-state index in [0.29, 0.717) is 5.46 Å². The van der Waals surface area contributed by atoms with Crippen LogP contribution in [-0.4, -0.2) is 17.2 Å². The highest BCUT2D eigenvalue weighted by atomic mass is 16.4. The molecule has 0 aliphatic heterocycles. The topological polar surface area (TPSA) is 40.5 Å². The van der Waals surface area contributed by atoms with Gasteiger partial charge in [-0.3, -0.25) is 0 Å². The molecule has 0 heterocycles. The SMILES string of the molecule is CCCCc1cccc2c(B(O)O)cccc12. The highest BCUT2D eigenvalue weighted by Crippen LogP contribution is 2.19. The molecule has 2 nitrogen and oxygen atoms in total. The van der Waals surface area contributed by atoms with Gasteiger partial charge in [0.05, 0.1) is 0 Å². The van der Waals surface area contributed by atoms with E-state index in [2.05, 4.69) is 13.0 Å². The van der Waals surface area contributed by atoms with Gasteiger partial charge in [0, 0.05) is 0 Å². The second-order valence-corrected chi connectivity index (χ2v) is 4.34. The van der Waals surface area contributed by atoms with Crippen LogP contribution in [0.2, 0.25) is 0 Å². The zero-order chi connectivity index (χ0) is 12.3. The molecule has 0 aromatic heterocycles. The Kier molecular flexibility index (Phi) is 3.82. The van der Waals surface area contributed by atoms with Gasteiger partial charge in [0.25, 0.3) is 0 Å². The van der Waals surface area contributed by atoms with Crippen molar-refractivity contribution >= 4 is 23.4 Å². The van der Waals surface area contributed by atoms with Crippen molar-refractivity contribution in [3.63, 3.8) is 0 Å². The number of hydrogen-bond acceptors (Lipinski definition) is 2. The minimum absolute atomic E-state index is 0.584. The highest BCUT2D eigenvalue weighted by molar-refractivity contribution is 6.62. The third-order valence-electron chi connectivity index (χ3n) is 3.12. The highest BCUT2D eigenvalue weighted by Gasteiger charge is 2.14. The monoisotopic (exact) mass is 228 g/mol. The van der Waals surface area contributed by atoms with Gasteiger partial charge in [0.2, 0.25) is 0 Å². The van der Waals surface area contributed by atoms with Crippen LogP contribution in [-0.2, 0) is 6.42 Å². The Morgan fingerprint density at radius 2 is 1.71 bits per heavy atom. The fourth-order valence-corrected chi connectivity index (χ4v) is 2.21. The largest absolute Gasteiger partial charge is 0.489 e. The van der Waals surface area contributed by atoms with Crippen molar-refractivity contribution in [3.8, 4) is 0 Å². The van der Waals surface area contributed by atoms with E-state index in [9.17, 15) is 10.0 Å². The summed E-state index contributed by atoms with van der Waals surface area (Å²) in [6.07, 6.45) is 3.36. The van der Waals surface area contributed by atoms with Crippen LogP contribution in [0.15, 0.2) is 36.4 Å². The van der Waals surface area contributed by atoms with Crippen molar-refractivity contribution in [3.05, 3.63) is 42.0 Å². The number of fused-ring (bicyclic) bond motifs is 1. The summed E-state index contributed by atoms with van der Waals surface area (Å²) in [5.41, 5.74) is 1.87. The molecule has 2 aromatic carbocycles. The predicted octanol–water partition coefficient (Wildman–Crippen LogP) is 1.86. The minimum Gasteiger partial charge on any atom is -0.423 e. The van der Waals surface area contributed by atoms with E-state index in [4.69, 9.17) is 0 Å². The molecule has 0 saturated carbocycles. The molecule has 0 atom stereocenters. The first-order valence-electron chi connectivity index (χ1n) is 6.10. The molecule has 17 heavy (non-hydrogen) atoms. The summed E-state index contributed by atoms with van der Waals surface area (Å²) in [4.78, 5) is 0. The summed E-state index contributed by atoms with van der Waals surface area (Å²) in [7, 11) is -1.40. The van der Waals surface area contributed by atoms with Crippen molar-refractivity contribution in [2.24, 2.45) is 0 Å². The van der Waals surface area contributed by atoms with E-state index in [1.807, 2.05) is 24.3 Å². The molecule has 2 N–H and O–H groups in total. The van der Waals surface area contributed by atoms with Crippen molar-refractivity contribution in [1.82, 2.24) is 0 Å². The molecule has 88 valence electrons. The van der Waals surface area contributed by atoms with Gasteiger partial charge in [0.1, 0.15) is 0 Å². The Balaban J connectivity index is 2.53. The van der Waals surface area contributed by atoms with Crippen molar-refractivity contribution < 1.29 is 10.0 Å². The summed E-state index contributed by atoms with van der Waals surface area (Å²) in [5.74, 6) is 0. The van der Waals surface area contributed by atoms with Crippen LogP contribution in [0.1, 0.15) is 25.3 Å². The lowest BCUT2D eigenvalue weighted by atomic mass is 9.76. The van der Waals surface area contributed by atoms with Gasteiger partial charge in [-0.2, -0.15) is 0 Å². The summed E-state index contributed by atoms with van der Waals surface area (Å²) in [6, 6.07) is 11.7. The van der Waals surface area contributed by atoms with Crippen LogP contribution in [0.4, 0.5) is 0 Å². The Bertz CT molecular complexity index is 509. The molecule has 2 rings (SSSR count). The Morgan fingerprint density at radius 1 is 1.00 bits per heavy atom. The predicted molar refractivity (Wildman–Crippen MR) is 72.4 cm³/mol. The molecule has 3 heteroatoms. The van der Waals surface area contributed by atoms with Crippen LogP contribution in [0.25, 0.3) is 10.8 Å². The second kappa shape index (κ2) is 5.34. The fraction of sp³-hybridized carbons (Fsp3) is 0.286. The third kappa shape index (κ3) is 2.51. The van der Waals surface area contributed by atoms with Gasteiger partial charge in [-0.05, 0) is 34.6 Å². The van der Waals surface area contributed by atoms with Gasteiger partial charge in [-0.25, -0.2) is 0 Å². The first kappa shape index (κ1) is 12.2. The number of rotatable bonds is 4. The Hall–Kier alpha value is -1.32. The van der Waals surface area contributed by atoms with Gasteiger partial charge < -0.3 is 10.0 Å². The van der Waals surface area contributed by atoms with E-state index in [1.165, 1.54) is 12.0 Å². The average Bonchev–Trinajstić information content (AvgIpc) is 2.35. The average molecular weight is 228 g/mol. The van der Waals surface area contributed by atoms with E-state index >= 15 is 0 Å². The van der Waals surface area contributed by atoms with E-state index in [0.717, 1.165) is 23.6 Å². The maximum absolute atomic E-state index is 9.34. The van der Waals surface area contributed by atoms with E-state index < -0.39 is 7.12 Å². The molecular formula is C14H17BO2. The molecule has 0 spiro atoms. The lowest BCUT2D eigenvalue weighted by Gasteiger charge is -2.09. The molecule has 0 bridgehead atoms. The summed E-state index contributed by atoms with van der Waals surface area (Å²) < 4.78 is 0. The molecule has 0 unspecified atom stereocenters. The number of benzene rings is 2. The number of hydrogen-bond donors (Lipinski definition) is 2.